The molecule has 132 valence electrons. The monoisotopic (exact) mass is 358 g/mol. The zero-order valence-corrected chi connectivity index (χ0v) is 15.5. The number of anilines is 1. The molecule has 0 amide bonds. The van der Waals surface area contributed by atoms with E-state index in [1.807, 2.05) is 6.07 Å². The van der Waals surface area contributed by atoms with Gasteiger partial charge in [-0.1, -0.05) is 12.6 Å². The van der Waals surface area contributed by atoms with Gasteiger partial charge in [0.15, 0.2) is 11.5 Å². The average Bonchev–Trinajstić information content (AvgIpc) is 3.06. The van der Waals surface area contributed by atoms with Crippen molar-refractivity contribution in [3.63, 3.8) is 0 Å². The number of aromatic nitrogens is 1. The van der Waals surface area contributed by atoms with Crippen LogP contribution in [0.3, 0.4) is 0 Å². The van der Waals surface area contributed by atoms with Crippen LogP contribution in [0.4, 0.5) is 5.69 Å². The van der Waals surface area contributed by atoms with Crippen molar-refractivity contribution in [2.45, 2.75) is 19.1 Å². The highest BCUT2D eigenvalue weighted by Gasteiger charge is 2.15. The molecule has 0 atom stereocenters. The maximum Gasteiger partial charge on any atom is 0.183 e. The summed E-state index contributed by atoms with van der Waals surface area (Å²) in [4.78, 5) is 4.39. The fourth-order valence-corrected chi connectivity index (χ4v) is 3.48. The Kier molecular flexibility index (Phi) is 5.38. The first-order valence-electron chi connectivity index (χ1n) is 8.03. The molecule has 1 aliphatic rings. The van der Waals surface area contributed by atoms with Gasteiger partial charge in [-0.05, 0) is 18.1 Å². The third-order valence-electron chi connectivity index (χ3n) is 4.06. The summed E-state index contributed by atoms with van der Waals surface area (Å²) in [6.07, 6.45) is 2.70. The SMILES string of the molecule is C=C(Nc1cc2c(cc1C)CCO2)SCc1nccc(OC)c1OC. The van der Waals surface area contributed by atoms with Crippen LogP contribution < -0.4 is 19.5 Å². The van der Waals surface area contributed by atoms with E-state index in [0.717, 1.165) is 35.2 Å². The standard InChI is InChI=1S/C19H22N2O3S/c1-12-9-14-6-8-24-18(14)10-15(12)21-13(2)25-11-16-19(23-4)17(22-3)5-7-20-16/h5,7,9-10,21H,2,6,8,11H2,1,3-4H3. The van der Waals surface area contributed by atoms with Gasteiger partial charge in [0, 0.05) is 36.2 Å². The summed E-state index contributed by atoms with van der Waals surface area (Å²) in [6.45, 7) is 6.96. The maximum atomic E-state index is 5.64. The van der Waals surface area contributed by atoms with Crippen molar-refractivity contribution in [2.24, 2.45) is 0 Å². The molecule has 6 heteroatoms. The van der Waals surface area contributed by atoms with Crippen LogP contribution in [-0.4, -0.2) is 25.8 Å². The number of thioether (sulfide) groups is 1. The number of hydrogen-bond acceptors (Lipinski definition) is 6. The molecule has 0 saturated carbocycles. The molecule has 1 N–H and O–H groups in total. The molecule has 2 heterocycles. The van der Waals surface area contributed by atoms with Crippen molar-refractivity contribution in [2.75, 3.05) is 26.1 Å². The van der Waals surface area contributed by atoms with Crippen molar-refractivity contribution in [1.82, 2.24) is 4.98 Å². The van der Waals surface area contributed by atoms with Crippen LogP contribution in [0.25, 0.3) is 0 Å². The molecule has 1 aliphatic heterocycles. The number of nitrogens with zero attached hydrogens (tertiary/aromatic N) is 1. The van der Waals surface area contributed by atoms with Crippen molar-refractivity contribution >= 4 is 17.4 Å². The molecule has 0 bridgehead atoms. The van der Waals surface area contributed by atoms with Gasteiger partial charge in [-0.2, -0.15) is 0 Å². The van der Waals surface area contributed by atoms with E-state index < -0.39 is 0 Å². The Balaban J connectivity index is 1.66. The van der Waals surface area contributed by atoms with Gasteiger partial charge in [-0.25, -0.2) is 0 Å². The summed E-state index contributed by atoms with van der Waals surface area (Å²) in [5, 5.41) is 4.21. The first kappa shape index (κ1) is 17.5. The Morgan fingerprint density at radius 1 is 1.36 bits per heavy atom. The third kappa shape index (κ3) is 3.85. The van der Waals surface area contributed by atoms with Gasteiger partial charge in [0.2, 0.25) is 0 Å². The van der Waals surface area contributed by atoms with Crippen LogP contribution >= 0.6 is 11.8 Å². The van der Waals surface area contributed by atoms with E-state index in [4.69, 9.17) is 14.2 Å². The summed E-state index contributed by atoms with van der Waals surface area (Å²) < 4.78 is 16.4. The normalized spacial score (nSPS) is 12.3. The Morgan fingerprint density at radius 3 is 2.96 bits per heavy atom. The van der Waals surface area contributed by atoms with Gasteiger partial charge in [0.1, 0.15) is 5.75 Å². The third-order valence-corrected chi connectivity index (χ3v) is 4.93. The van der Waals surface area contributed by atoms with E-state index in [1.165, 1.54) is 11.1 Å². The molecule has 5 nitrogen and oxygen atoms in total. The highest BCUT2D eigenvalue weighted by atomic mass is 32.2. The summed E-state index contributed by atoms with van der Waals surface area (Å²) in [7, 11) is 3.24. The second-order valence-corrected chi connectivity index (χ2v) is 6.77. The lowest BCUT2D eigenvalue weighted by Gasteiger charge is -2.14. The summed E-state index contributed by atoms with van der Waals surface area (Å²) in [5.74, 6) is 2.93. The Hall–Kier alpha value is -2.34. The minimum Gasteiger partial charge on any atom is -0.493 e. The number of nitrogens with one attached hydrogen (secondary N) is 1. The van der Waals surface area contributed by atoms with Crippen LogP contribution in [0.15, 0.2) is 36.0 Å². The van der Waals surface area contributed by atoms with Crippen molar-refractivity contribution in [1.29, 1.82) is 0 Å². The lowest BCUT2D eigenvalue weighted by Crippen LogP contribution is -2.00. The molecular formula is C19H22N2O3S. The molecule has 0 aliphatic carbocycles. The van der Waals surface area contributed by atoms with Gasteiger partial charge in [-0.15, -0.1) is 11.8 Å². The van der Waals surface area contributed by atoms with Gasteiger partial charge >= 0.3 is 0 Å². The topological polar surface area (TPSA) is 52.6 Å². The number of fused-ring (bicyclic) bond motifs is 1. The fraction of sp³-hybridized carbons (Fsp3) is 0.316. The molecule has 3 rings (SSSR count). The van der Waals surface area contributed by atoms with Crippen LogP contribution in [0.2, 0.25) is 0 Å². The minimum absolute atomic E-state index is 0.632. The smallest absolute Gasteiger partial charge is 0.183 e. The predicted octanol–water partition coefficient (Wildman–Crippen LogP) is 4.16. The number of pyridine rings is 1. The summed E-state index contributed by atoms with van der Waals surface area (Å²) in [5.41, 5.74) is 4.29. The Bertz CT molecular complexity index is 792. The molecule has 1 aromatic carbocycles. The number of benzene rings is 1. The zero-order valence-electron chi connectivity index (χ0n) is 14.7. The molecule has 0 unspecified atom stereocenters. The van der Waals surface area contributed by atoms with Crippen molar-refractivity contribution in [3.05, 3.63) is 52.8 Å². The molecule has 0 fully saturated rings. The number of ether oxygens (including phenoxy) is 3. The number of hydrogen-bond donors (Lipinski definition) is 1. The van der Waals surface area contributed by atoms with Crippen molar-refractivity contribution < 1.29 is 14.2 Å². The Labute approximate surface area is 152 Å². The van der Waals surface area contributed by atoms with Crippen LogP contribution in [0.1, 0.15) is 16.8 Å². The highest BCUT2D eigenvalue weighted by molar-refractivity contribution is 8.02. The highest BCUT2D eigenvalue weighted by Crippen LogP contribution is 2.35. The molecule has 0 saturated heterocycles. The van der Waals surface area contributed by atoms with Gasteiger partial charge in [0.05, 0.1) is 31.5 Å². The average molecular weight is 358 g/mol. The molecule has 0 spiro atoms. The predicted molar refractivity (Wildman–Crippen MR) is 102 cm³/mol. The van der Waals surface area contributed by atoms with Crippen molar-refractivity contribution in [3.8, 4) is 17.2 Å². The second-order valence-electron chi connectivity index (χ2n) is 5.70. The van der Waals surface area contributed by atoms with E-state index in [-0.39, 0.29) is 0 Å². The zero-order chi connectivity index (χ0) is 17.8. The van der Waals surface area contributed by atoms with E-state index in [9.17, 15) is 0 Å². The fourth-order valence-electron chi connectivity index (χ4n) is 2.78. The lowest BCUT2D eigenvalue weighted by atomic mass is 10.1. The van der Waals surface area contributed by atoms with E-state index >= 15 is 0 Å². The largest absolute Gasteiger partial charge is 0.493 e. The Morgan fingerprint density at radius 2 is 2.20 bits per heavy atom. The second kappa shape index (κ2) is 7.70. The first-order chi connectivity index (χ1) is 12.1. The minimum atomic E-state index is 0.632. The van der Waals surface area contributed by atoms with Crippen LogP contribution in [-0.2, 0) is 12.2 Å². The first-order valence-corrected chi connectivity index (χ1v) is 9.02. The number of rotatable bonds is 7. The van der Waals surface area contributed by atoms with Crippen LogP contribution in [0.5, 0.6) is 17.2 Å². The van der Waals surface area contributed by atoms with E-state index in [2.05, 4.69) is 29.9 Å². The maximum absolute atomic E-state index is 5.64. The summed E-state index contributed by atoms with van der Waals surface area (Å²) >= 11 is 1.57. The van der Waals surface area contributed by atoms with Gasteiger partial charge in [0.25, 0.3) is 0 Å². The van der Waals surface area contributed by atoms with Crippen LogP contribution in [0, 0.1) is 6.92 Å². The van der Waals surface area contributed by atoms with E-state index in [0.29, 0.717) is 17.3 Å². The quantitative estimate of drug-likeness (QED) is 0.802. The molecule has 0 radical (unpaired) electrons. The molecule has 2 aromatic rings. The molecule has 1 aromatic heterocycles. The molecular weight excluding hydrogens is 336 g/mol. The van der Waals surface area contributed by atoms with Gasteiger partial charge < -0.3 is 19.5 Å². The van der Waals surface area contributed by atoms with E-state index in [1.54, 1.807) is 38.2 Å². The lowest BCUT2D eigenvalue weighted by molar-refractivity contribution is 0.350. The van der Waals surface area contributed by atoms with Gasteiger partial charge in [-0.3, -0.25) is 4.98 Å². The number of aryl methyl sites for hydroxylation is 1. The molecule has 25 heavy (non-hydrogen) atoms. The number of methoxy groups -OCH3 is 2. The summed E-state index contributed by atoms with van der Waals surface area (Å²) in [6, 6.07) is 6.01.